The zero-order chi connectivity index (χ0) is 13.6. The summed E-state index contributed by atoms with van der Waals surface area (Å²) >= 11 is 0. The maximum Gasteiger partial charge on any atom is 0.333 e. The van der Waals surface area contributed by atoms with Crippen LogP contribution in [0, 0.1) is 7.43 Å². The summed E-state index contributed by atoms with van der Waals surface area (Å²) in [5.41, 5.74) is 0.608. The molecule has 0 N–H and O–H groups in total. The maximum atomic E-state index is 11.1. The van der Waals surface area contributed by atoms with E-state index in [0.29, 0.717) is 5.57 Å². The highest BCUT2D eigenvalue weighted by Crippen LogP contribution is 2.13. The molecule has 0 bridgehead atoms. The molecule has 0 rings (SSSR count). The average Bonchev–Trinajstić information content (AvgIpc) is 2.39. The zero-order valence-electron chi connectivity index (χ0n) is 13.3. The normalized spacial score (nSPS) is 9.79. The van der Waals surface area contributed by atoms with Crippen molar-refractivity contribution in [1.82, 2.24) is 0 Å². The van der Waals surface area contributed by atoms with Crippen LogP contribution in [0.3, 0.4) is 0 Å². The number of ether oxygens (including phenoxy) is 1. The molecule has 0 amide bonds. The third-order valence-electron chi connectivity index (χ3n) is 3.31. The lowest BCUT2D eigenvalue weighted by Crippen LogP contribution is -2.03. The van der Waals surface area contributed by atoms with Crippen molar-refractivity contribution in [2.45, 2.75) is 77.6 Å². The van der Waals surface area contributed by atoms with Crippen LogP contribution in [0.2, 0.25) is 0 Å². The number of hydrogen-bond acceptors (Lipinski definition) is 2. The summed E-state index contributed by atoms with van der Waals surface area (Å²) in [6.07, 6.45) is 13.9. The van der Waals surface area contributed by atoms with E-state index in [-0.39, 0.29) is 13.4 Å². The van der Waals surface area contributed by atoms with E-state index in [1.54, 1.807) is 0 Å². The van der Waals surface area contributed by atoms with Gasteiger partial charge in [-0.1, -0.05) is 78.7 Å². The second kappa shape index (κ2) is 15.3. The van der Waals surface area contributed by atoms with Crippen LogP contribution in [-0.4, -0.2) is 13.1 Å². The molecule has 0 aromatic heterocycles. The fourth-order valence-corrected chi connectivity index (χ4v) is 2.07. The Balaban J connectivity index is 0. The van der Waals surface area contributed by atoms with E-state index in [1.165, 1.54) is 64.9 Å². The summed E-state index contributed by atoms with van der Waals surface area (Å²) in [4.78, 5) is 11.1. The van der Waals surface area contributed by atoms with E-state index < -0.39 is 0 Å². The van der Waals surface area contributed by atoms with Crippen LogP contribution in [0.1, 0.15) is 77.6 Å². The molecule has 2 heteroatoms. The van der Waals surface area contributed by atoms with Gasteiger partial charge in [0, 0.05) is 5.57 Å². The third kappa shape index (κ3) is 13.4. The Kier molecular flexibility index (Phi) is 16.5. The van der Waals surface area contributed by atoms with Crippen molar-refractivity contribution in [3.63, 3.8) is 0 Å². The SMILES string of the molecule is C=C(CCCCCCCCCCCC)C(=O)OC.[CH3]. The summed E-state index contributed by atoms with van der Waals surface area (Å²) in [7, 11) is 1.41. The van der Waals surface area contributed by atoms with Gasteiger partial charge in [-0.05, 0) is 12.8 Å². The molecule has 0 aliphatic rings. The van der Waals surface area contributed by atoms with Crippen molar-refractivity contribution in [3.05, 3.63) is 19.6 Å². The van der Waals surface area contributed by atoms with E-state index in [2.05, 4.69) is 18.2 Å². The van der Waals surface area contributed by atoms with Crippen LogP contribution in [0.25, 0.3) is 0 Å². The first-order valence-electron chi connectivity index (χ1n) is 7.48. The van der Waals surface area contributed by atoms with Crippen molar-refractivity contribution < 1.29 is 9.53 Å². The molecule has 0 spiro atoms. The molecule has 0 fully saturated rings. The van der Waals surface area contributed by atoms with Crippen molar-refractivity contribution >= 4 is 5.97 Å². The van der Waals surface area contributed by atoms with Gasteiger partial charge in [-0.25, -0.2) is 4.79 Å². The number of unbranched alkanes of at least 4 members (excludes halogenated alkanes) is 9. The Morgan fingerprint density at radius 2 is 1.32 bits per heavy atom. The topological polar surface area (TPSA) is 26.3 Å². The van der Waals surface area contributed by atoms with E-state index in [4.69, 9.17) is 0 Å². The molecule has 0 aromatic carbocycles. The van der Waals surface area contributed by atoms with Crippen LogP contribution < -0.4 is 0 Å². The number of methoxy groups -OCH3 is 1. The molecule has 113 valence electrons. The van der Waals surface area contributed by atoms with Crippen LogP contribution in [0.5, 0.6) is 0 Å². The van der Waals surface area contributed by atoms with Gasteiger partial charge in [0.2, 0.25) is 0 Å². The van der Waals surface area contributed by atoms with Crippen molar-refractivity contribution in [2.75, 3.05) is 7.11 Å². The first-order valence-corrected chi connectivity index (χ1v) is 7.48. The summed E-state index contributed by atoms with van der Waals surface area (Å²) in [6, 6.07) is 0. The van der Waals surface area contributed by atoms with Gasteiger partial charge in [-0.3, -0.25) is 0 Å². The van der Waals surface area contributed by atoms with E-state index in [9.17, 15) is 4.79 Å². The van der Waals surface area contributed by atoms with Crippen LogP contribution in [0.4, 0.5) is 0 Å². The Bertz CT molecular complexity index is 221. The van der Waals surface area contributed by atoms with Gasteiger partial charge in [-0.2, -0.15) is 0 Å². The first-order chi connectivity index (χ1) is 8.72. The molecule has 0 unspecified atom stereocenters. The van der Waals surface area contributed by atoms with Crippen LogP contribution >= 0.6 is 0 Å². The second-order valence-corrected chi connectivity index (χ2v) is 5.03. The fourth-order valence-electron chi connectivity index (χ4n) is 2.07. The van der Waals surface area contributed by atoms with Crippen LogP contribution in [-0.2, 0) is 9.53 Å². The highest BCUT2D eigenvalue weighted by Gasteiger charge is 2.05. The van der Waals surface area contributed by atoms with Gasteiger partial charge >= 0.3 is 5.97 Å². The standard InChI is InChI=1S/C16H30O2.CH3/c1-4-5-6-7-8-9-10-11-12-13-14-15(2)16(17)18-3;/h2,4-14H2,1,3H3;1H3. The molecule has 0 aliphatic heterocycles. The van der Waals surface area contributed by atoms with Gasteiger partial charge in [0.1, 0.15) is 0 Å². The van der Waals surface area contributed by atoms with Crippen molar-refractivity contribution in [3.8, 4) is 0 Å². The molecule has 0 aromatic rings. The molecule has 2 nitrogen and oxygen atoms in total. The number of carbonyl (C=O) groups excluding carboxylic acids is 1. The second-order valence-electron chi connectivity index (χ2n) is 5.03. The van der Waals surface area contributed by atoms with Gasteiger partial charge in [-0.15, -0.1) is 0 Å². The average molecular weight is 269 g/mol. The van der Waals surface area contributed by atoms with E-state index >= 15 is 0 Å². The minimum absolute atomic E-state index is 0. The minimum Gasteiger partial charge on any atom is -0.466 e. The minimum atomic E-state index is -0.258. The Labute approximate surface area is 120 Å². The van der Waals surface area contributed by atoms with E-state index in [0.717, 1.165) is 12.8 Å². The van der Waals surface area contributed by atoms with Crippen molar-refractivity contribution in [1.29, 1.82) is 0 Å². The third-order valence-corrected chi connectivity index (χ3v) is 3.31. The Morgan fingerprint density at radius 3 is 1.74 bits per heavy atom. The molecule has 1 radical (unpaired) electrons. The van der Waals surface area contributed by atoms with E-state index in [1.807, 2.05) is 0 Å². The van der Waals surface area contributed by atoms with Gasteiger partial charge in [0.15, 0.2) is 0 Å². The molecule has 0 saturated heterocycles. The molecule has 0 heterocycles. The molecule has 0 saturated carbocycles. The molecule has 0 aliphatic carbocycles. The smallest absolute Gasteiger partial charge is 0.333 e. The fraction of sp³-hybridized carbons (Fsp3) is 0.765. The van der Waals surface area contributed by atoms with Crippen molar-refractivity contribution in [2.24, 2.45) is 0 Å². The molecular weight excluding hydrogens is 236 g/mol. The largest absolute Gasteiger partial charge is 0.466 e. The summed E-state index contributed by atoms with van der Waals surface area (Å²) in [6.45, 7) is 5.98. The predicted octanol–water partition coefficient (Wildman–Crippen LogP) is 5.48. The summed E-state index contributed by atoms with van der Waals surface area (Å²) < 4.78 is 4.62. The molecule has 19 heavy (non-hydrogen) atoms. The lowest BCUT2D eigenvalue weighted by atomic mass is 10.0. The number of rotatable bonds is 12. The van der Waals surface area contributed by atoms with Crippen LogP contribution in [0.15, 0.2) is 12.2 Å². The highest BCUT2D eigenvalue weighted by atomic mass is 16.5. The molecular formula is C17H33O2. The lowest BCUT2D eigenvalue weighted by Gasteiger charge is -2.04. The summed E-state index contributed by atoms with van der Waals surface area (Å²) in [5.74, 6) is -0.258. The number of esters is 1. The van der Waals surface area contributed by atoms with Gasteiger partial charge in [0.25, 0.3) is 0 Å². The first kappa shape index (κ1) is 20.5. The Hall–Kier alpha value is -0.790. The number of carbonyl (C=O) groups is 1. The quantitative estimate of drug-likeness (QED) is 0.266. The zero-order valence-corrected chi connectivity index (χ0v) is 13.3. The molecule has 0 atom stereocenters. The predicted molar refractivity (Wildman–Crippen MR) is 84.0 cm³/mol. The van der Waals surface area contributed by atoms with Gasteiger partial charge in [0.05, 0.1) is 7.11 Å². The maximum absolute atomic E-state index is 11.1. The van der Waals surface area contributed by atoms with Gasteiger partial charge < -0.3 is 4.74 Å². The Morgan fingerprint density at radius 1 is 0.895 bits per heavy atom. The number of hydrogen-bond donors (Lipinski definition) is 0. The highest BCUT2D eigenvalue weighted by molar-refractivity contribution is 5.87. The summed E-state index contributed by atoms with van der Waals surface area (Å²) in [5, 5.41) is 0. The monoisotopic (exact) mass is 269 g/mol. The lowest BCUT2D eigenvalue weighted by molar-refractivity contribution is -0.136.